The normalized spacial score (nSPS) is 41.2. The summed E-state index contributed by atoms with van der Waals surface area (Å²) in [6.45, 7) is 0. The predicted octanol–water partition coefficient (Wildman–Crippen LogP) is -1.25. The summed E-state index contributed by atoms with van der Waals surface area (Å²) >= 11 is 0. The number of ether oxygens (including phenoxy) is 2. The molecule has 0 aromatic carbocycles. The average Bonchev–Trinajstić information content (AvgIpc) is 2.97. The minimum absolute atomic E-state index is 0.308. The minimum Gasteiger partial charge on any atom is -0.393 e. The Balaban J connectivity index is 1.93. The van der Waals surface area contributed by atoms with Crippen LogP contribution >= 0.6 is 0 Å². The largest absolute Gasteiger partial charge is 0.393 e. The zero-order valence-corrected chi connectivity index (χ0v) is 10.0. The molecule has 0 unspecified atom stereocenters. The smallest absolute Gasteiger partial charge is 0.342 e. The molecule has 4 aliphatic heterocycles. The van der Waals surface area contributed by atoms with Gasteiger partial charge in [-0.15, -0.1) is 0 Å². The lowest BCUT2D eigenvalue weighted by atomic mass is 9.79. The van der Waals surface area contributed by atoms with Gasteiger partial charge in [0.1, 0.15) is 5.92 Å². The molecule has 0 saturated carbocycles. The molecule has 8 heteroatoms. The fourth-order valence-corrected chi connectivity index (χ4v) is 3.49. The molecule has 0 radical (unpaired) electrons. The van der Waals surface area contributed by atoms with Crippen molar-refractivity contribution in [1.82, 2.24) is 5.01 Å². The van der Waals surface area contributed by atoms with Crippen molar-refractivity contribution in [2.45, 2.75) is 18.0 Å². The standard InChI is InChI=1S/C12H8N2O6/c15-6-4-12(11(18)19-6)8-7(9(16)20-10(8)17)5-2-1-3-13-14(5)12/h1-3,5,7-8H,4H2/t5-,7-,8-,12-/m1/s1. The Kier molecular flexibility index (Phi) is 1.88. The Hall–Kier alpha value is -2.51. The minimum atomic E-state index is -1.56. The van der Waals surface area contributed by atoms with Crippen molar-refractivity contribution in [3.63, 3.8) is 0 Å². The number of carbonyl (C=O) groups is 4. The maximum absolute atomic E-state index is 12.2. The fraction of sp³-hybridized carbons (Fsp3) is 0.417. The van der Waals surface area contributed by atoms with Crippen molar-refractivity contribution in [2.24, 2.45) is 16.9 Å². The molecular weight excluding hydrogens is 268 g/mol. The van der Waals surface area contributed by atoms with E-state index >= 15 is 0 Å². The molecule has 8 nitrogen and oxygen atoms in total. The van der Waals surface area contributed by atoms with Gasteiger partial charge in [-0.3, -0.25) is 19.4 Å². The van der Waals surface area contributed by atoms with Crippen LogP contribution in [0.1, 0.15) is 6.42 Å². The molecule has 0 amide bonds. The van der Waals surface area contributed by atoms with Gasteiger partial charge in [0.05, 0.1) is 18.4 Å². The first kappa shape index (κ1) is 11.3. The van der Waals surface area contributed by atoms with Crippen molar-refractivity contribution >= 4 is 30.1 Å². The molecule has 3 fully saturated rings. The lowest BCUT2D eigenvalue weighted by Gasteiger charge is -2.33. The predicted molar refractivity (Wildman–Crippen MR) is 59.8 cm³/mol. The maximum Gasteiger partial charge on any atom is 0.342 e. The Morgan fingerprint density at radius 2 is 2.00 bits per heavy atom. The monoisotopic (exact) mass is 276 g/mol. The van der Waals surface area contributed by atoms with Crippen LogP contribution in [0.4, 0.5) is 0 Å². The number of esters is 4. The van der Waals surface area contributed by atoms with E-state index in [4.69, 9.17) is 0 Å². The van der Waals surface area contributed by atoms with Gasteiger partial charge in [-0.2, -0.15) is 5.10 Å². The van der Waals surface area contributed by atoms with Crippen molar-refractivity contribution in [2.75, 3.05) is 0 Å². The summed E-state index contributed by atoms with van der Waals surface area (Å²) in [5.41, 5.74) is -1.56. The van der Waals surface area contributed by atoms with Crippen LogP contribution in [0.15, 0.2) is 17.3 Å². The molecule has 1 spiro atoms. The third-order valence-corrected chi connectivity index (χ3v) is 4.22. The average molecular weight is 276 g/mol. The molecule has 0 aromatic rings. The number of cyclic esters (lactones) is 4. The van der Waals surface area contributed by atoms with E-state index in [9.17, 15) is 19.2 Å². The van der Waals surface area contributed by atoms with Crippen LogP contribution in [-0.4, -0.2) is 46.7 Å². The van der Waals surface area contributed by atoms with Gasteiger partial charge in [-0.05, 0) is 6.08 Å². The summed E-state index contributed by atoms with van der Waals surface area (Å²) in [5.74, 6) is -4.97. The first-order valence-electron chi connectivity index (χ1n) is 6.06. The summed E-state index contributed by atoms with van der Waals surface area (Å²) in [6, 6.07) is -0.581. The van der Waals surface area contributed by atoms with Gasteiger partial charge in [-0.25, -0.2) is 4.79 Å². The number of nitrogens with zero attached hydrogens (tertiary/aromatic N) is 2. The van der Waals surface area contributed by atoms with Gasteiger partial charge < -0.3 is 9.47 Å². The van der Waals surface area contributed by atoms with Gasteiger partial charge in [0.25, 0.3) is 0 Å². The Morgan fingerprint density at radius 3 is 2.70 bits per heavy atom. The van der Waals surface area contributed by atoms with Gasteiger partial charge >= 0.3 is 23.9 Å². The first-order chi connectivity index (χ1) is 9.55. The molecular formula is C12H8N2O6. The molecule has 3 saturated heterocycles. The van der Waals surface area contributed by atoms with Gasteiger partial charge in [0.15, 0.2) is 5.54 Å². The van der Waals surface area contributed by atoms with Crippen LogP contribution in [0.25, 0.3) is 0 Å². The summed E-state index contributed by atoms with van der Waals surface area (Å²) in [5, 5.41) is 5.41. The van der Waals surface area contributed by atoms with Crippen LogP contribution in [0.2, 0.25) is 0 Å². The van der Waals surface area contributed by atoms with Crippen LogP contribution in [0, 0.1) is 11.8 Å². The Bertz CT molecular complexity index is 638. The summed E-state index contributed by atoms with van der Waals surface area (Å²) in [4.78, 5) is 47.5. The van der Waals surface area contributed by atoms with E-state index in [1.165, 1.54) is 11.2 Å². The quantitative estimate of drug-likeness (QED) is 0.402. The topological polar surface area (TPSA) is 102 Å². The van der Waals surface area contributed by atoms with Gasteiger partial charge in [0.2, 0.25) is 0 Å². The molecule has 102 valence electrons. The second-order valence-electron chi connectivity index (χ2n) is 5.09. The summed E-state index contributed by atoms with van der Waals surface area (Å²) in [7, 11) is 0. The van der Waals surface area contributed by atoms with E-state index < -0.39 is 47.3 Å². The van der Waals surface area contributed by atoms with Crippen molar-refractivity contribution in [3.05, 3.63) is 12.2 Å². The number of rotatable bonds is 0. The molecule has 20 heavy (non-hydrogen) atoms. The highest BCUT2D eigenvalue weighted by Crippen LogP contribution is 2.53. The highest BCUT2D eigenvalue weighted by Gasteiger charge is 2.75. The summed E-state index contributed by atoms with van der Waals surface area (Å²) in [6.07, 6.45) is 4.41. The molecule has 4 aliphatic rings. The van der Waals surface area contributed by atoms with E-state index in [-0.39, 0.29) is 6.42 Å². The summed E-state index contributed by atoms with van der Waals surface area (Å²) < 4.78 is 9.24. The van der Waals surface area contributed by atoms with E-state index in [1.807, 2.05) is 0 Å². The van der Waals surface area contributed by atoms with E-state index in [2.05, 4.69) is 14.6 Å². The van der Waals surface area contributed by atoms with E-state index in [0.29, 0.717) is 0 Å². The van der Waals surface area contributed by atoms with Crippen LogP contribution < -0.4 is 0 Å². The number of allylic oxidation sites excluding steroid dienone is 1. The first-order valence-corrected chi connectivity index (χ1v) is 6.06. The van der Waals surface area contributed by atoms with Gasteiger partial charge in [0, 0.05) is 6.21 Å². The number of fused-ring (bicyclic) bond motifs is 5. The van der Waals surface area contributed by atoms with E-state index in [1.54, 1.807) is 12.2 Å². The van der Waals surface area contributed by atoms with E-state index in [0.717, 1.165) is 0 Å². The second-order valence-corrected chi connectivity index (χ2v) is 5.09. The molecule has 0 N–H and O–H groups in total. The highest BCUT2D eigenvalue weighted by molar-refractivity contribution is 6.08. The highest BCUT2D eigenvalue weighted by atomic mass is 16.6. The van der Waals surface area contributed by atoms with Crippen molar-refractivity contribution < 1.29 is 28.7 Å². The Morgan fingerprint density at radius 1 is 1.20 bits per heavy atom. The number of hydrogen-bond acceptors (Lipinski definition) is 8. The Labute approximate surface area is 112 Å². The molecule has 4 heterocycles. The second kappa shape index (κ2) is 3.33. The number of hydrogen-bond donors (Lipinski definition) is 0. The SMILES string of the molecule is O=C1C[C@]2(C(=O)O1)[C@H]1C(=O)OC(=O)[C@@H]1[C@H]1C=CC=NN12. The van der Waals surface area contributed by atoms with Crippen LogP contribution in [0.3, 0.4) is 0 Å². The molecule has 0 aromatic heterocycles. The van der Waals surface area contributed by atoms with Crippen molar-refractivity contribution in [3.8, 4) is 0 Å². The zero-order valence-electron chi connectivity index (χ0n) is 10.0. The zero-order chi connectivity index (χ0) is 14.1. The third kappa shape index (κ3) is 1.06. The lowest BCUT2D eigenvalue weighted by molar-refractivity contribution is -0.163. The fourth-order valence-electron chi connectivity index (χ4n) is 3.49. The molecule has 0 bridgehead atoms. The molecule has 4 atom stereocenters. The van der Waals surface area contributed by atoms with Gasteiger partial charge in [-0.1, -0.05) is 6.08 Å². The molecule has 0 aliphatic carbocycles. The van der Waals surface area contributed by atoms with Crippen LogP contribution in [-0.2, 0) is 28.7 Å². The molecule has 4 rings (SSSR count). The number of hydrazone groups is 1. The van der Waals surface area contributed by atoms with Crippen molar-refractivity contribution in [1.29, 1.82) is 0 Å². The third-order valence-electron chi connectivity index (χ3n) is 4.22. The maximum atomic E-state index is 12.2. The number of carbonyl (C=O) groups excluding carboxylic acids is 4. The lowest BCUT2D eigenvalue weighted by Crippen LogP contribution is -2.53. The van der Waals surface area contributed by atoms with Crippen LogP contribution in [0.5, 0.6) is 0 Å².